The average molecular weight is 299 g/mol. The predicted molar refractivity (Wildman–Crippen MR) is 75.2 cm³/mol. The molecule has 17 heavy (non-hydrogen) atoms. The number of nitrogens with zero attached hydrogens (tertiary/aromatic N) is 1. The topological polar surface area (TPSA) is 49.5 Å². The Morgan fingerprint density at radius 2 is 2.06 bits per heavy atom. The summed E-state index contributed by atoms with van der Waals surface area (Å²) in [5.74, 6) is 0. The van der Waals surface area contributed by atoms with Crippen molar-refractivity contribution in [3.05, 3.63) is 22.7 Å². The molecule has 0 aromatic heterocycles. The van der Waals surface area contributed by atoms with Crippen molar-refractivity contribution in [3.8, 4) is 0 Å². The third kappa shape index (κ3) is 2.75. The molecule has 0 heterocycles. The van der Waals surface area contributed by atoms with Crippen LogP contribution in [0.3, 0.4) is 0 Å². The van der Waals surface area contributed by atoms with E-state index in [1.807, 2.05) is 25.2 Å². The molecule has 2 rings (SSSR count). The van der Waals surface area contributed by atoms with Crippen LogP contribution in [0.4, 0.5) is 11.4 Å². The summed E-state index contributed by atoms with van der Waals surface area (Å²) in [5, 5.41) is 10.1. The number of likely N-dealkylation sites (N-methyl/N-ethyl adjacent to an activating group) is 1. The van der Waals surface area contributed by atoms with E-state index in [9.17, 15) is 5.11 Å². The van der Waals surface area contributed by atoms with Crippen LogP contribution in [0.15, 0.2) is 22.7 Å². The van der Waals surface area contributed by atoms with E-state index in [1.54, 1.807) is 0 Å². The van der Waals surface area contributed by atoms with Gasteiger partial charge >= 0.3 is 0 Å². The van der Waals surface area contributed by atoms with Gasteiger partial charge in [0.25, 0.3) is 0 Å². The molecule has 1 aromatic carbocycles. The monoisotopic (exact) mass is 298 g/mol. The van der Waals surface area contributed by atoms with Gasteiger partial charge < -0.3 is 15.7 Å². The van der Waals surface area contributed by atoms with Gasteiger partial charge in [0, 0.05) is 17.2 Å². The van der Waals surface area contributed by atoms with Gasteiger partial charge in [-0.25, -0.2) is 0 Å². The first-order valence-corrected chi connectivity index (χ1v) is 6.85. The highest BCUT2D eigenvalue weighted by molar-refractivity contribution is 9.10. The Morgan fingerprint density at radius 1 is 1.35 bits per heavy atom. The van der Waals surface area contributed by atoms with Gasteiger partial charge in [-0.05, 0) is 47.0 Å². The van der Waals surface area contributed by atoms with E-state index in [-0.39, 0.29) is 12.1 Å². The van der Waals surface area contributed by atoms with Gasteiger partial charge in [-0.2, -0.15) is 0 Å². The van der Waals surface area contributed by atoms with Crippen LogP contribution in [0, 0.1) is 0 Å². The second-order valence-corrected chi connectivity index (χ2v) is 5.60. The quantitative estimate of drug-likeness (QED) is 0.826. The summed E-state index contributed by atoms with van der Waals surface area (Å²) in [6, 6.07) is 6.01. The zero-order valence-corrected chi connectivity index (χ0v) is 11.7. The normalized spacial score (nSPS) is 24.6. The lowest BCUT2D eigenvalue weighted by Gasteiger charge is -2.37. The molecule has 0 spiro atoms. The fourth-order valence-electron chi connectivity index (χ4n) is 2.53. The molecule has 1 aliphatic rings. The Balaban J connectivity index is 2.20. The number of rotatable bonds is 2. The van der Waals surface area contributed by atoms with Gasteiger partial charge in [0.05, 0.1) is 17.8 Å². The van der Waals surface area contributed by atoms with Crippen LogP contribution in [0.2, 0.25) is 0 Å². The molecule has 3 N–H and O–H groups in total. The van der Waals surface area contributed by atoms with E-state index in [0.29, 0.717) is 0 Å². The number of nitrogens with two attached hydrogens (primary N) is 1. The molecule has 0 bridgehead atoms. The van der Waals surface area contributed by atoms with E-state index in [4.69, 9.17) is 5.73 Å². The van der Waals surface area contributed by atoms with Crippen molar-refractivity contribution >= 4 is 27.3 Å². The molecule has 2 unspecified atom stereocenters. The van der Waals surface area contributed by atoms with Crippen LogP contribution in [0.5, 0.6) is 0 Å². The molecule has 1 aromatic rings. The van der Waals surface area contributed by atoms with E-state index >= 15 is 0 Å². The van der Waals surface area contributed by atoms with Crippen LogP contribution in [-0.4, -0.2) is 24.3 Å². The Hall–Kier alpha value is -0.740. The number of benzene rings is 1. The summed E-state index contributed by atoms with van der Waals surface area (Å²) in [7, 11) is 2.04. The maximum atomic E-state index is 10.1. The maximum absolute atomic E-state index is 10.1. The molecule has 4 heteroatoms. The van der Waals surface area contributed by atoms with Crippen molar-refractivity contribution in [1.29, 1.82) is 0 Å². The first kappa shape index (κ1) is 12.7. The minimum Gasteiger partial charge on any atom is -0.399 e. The standard InChI is InChI=1S/C13H19BrN2O/c1-16(12-4-2-3-5-13(12)17)11-7-6-9(15)8-10(11)14/h6-8,12-13,17H,2-5,15H2,1H3. The molecule has 2 atom stereocenters. The van der Waals surface area contributed by atoms with E-state index in [2.05, 4.69) is 20.8 Å². The van der Waals surface area contributed by atoms with E-state index in [1.165, 1.54) is 6.42 Å². The number of halogens is 1. The minimum absolute atomic E-state index is 0.212. The van der Waals surface area contributed by atoms with Crippen LogP contribution in [-0.2, 0) is 0 Å². The summed E-state index contributed by atoms with van der Waals surface area (Å²) < 4.78 is 0.984. The second kappa shape index (κ2) is 5.27. The van der Waals surface area contributed by atoms with Crippen molar-refractivity contribution in [1.82, 2.24) is 0 Å². The first-order chi connectivity index (χ1) is 8.09. The lowest BCUT2D eigenvalue weighted by Crippen LogP contribution is -2.43. The van der Waals surface area contributed by atoms with Crippen LogP contribution >= 0.6 is 15.9 Å². The van der Waals surface area contributed by atoms with E-state index in [0.717, 1.165) is 35.1 Å². The predicted octanol–water partition coefficient (Wildman–Crippen LogP) is 2.77. The molecule has 1 saturated carbocycles. The summed E-state index contributed by atoms with van der Waals surface area (Å²) in [6.07, 6.45) is 4.06. The van der Waals surface area contributed by atoms with Gasteiger partial charge in [-0.3, -0.25) is 0 Å². The highest BCUT2D eigenvalue weighted by Crippen LogP contribution is 2.32. The number of nitrogen functional groups attached to an aromatic ring is 1. The number of hydrogen-bond acceptors (Lipinski definition) is 3. The van der Waals surface area contributed by atoms with E-state index < -0.39 is 0 Å². The molecule has 94 valence electrons. The van der Waals surface area contributed by atoms with Gasteiger partial charge in [0.2, 0.25) is 0 Å². The SMILES string of the molecule is CN(c1ccc(N)cc1Br)C1CCCCC1O. The second-order valence-electron chi connectivity index (χ2n) is 4.74. The molecule has 3 nitrogen and oxygen atoms in total. The summed E-state index contributed by atoms with van der Waals surface area (Å²) in [5.41, 5.74) is 7.57. The zero-order valence-electron chi connectivity index (χ0n) is 10.1. The van der Waals surface area contributed by atoms with Crippen molar-refractivity contribution in [2.24, 2.45) is 0 Å². The van der Waals surface area contributed by atoms with Gasteiger partial charge in [0.1, 0.15) is 0 Å². The molecular weight excluding hydrogens is 280 g/mol. The van der Waals surface area contributed by atoms with Crippen LogP contribution in [0.1, 0.15) is 25.7 Å². The molecule has 0 amide bonds. The third-order valence-electron chi connectivity index (χ3n) is 3.54. The zero-order chi connectivity index (χ0) is 12.4. The molecular formula is C13H19BrN2O. The molecule has 0 saturated heterocycles. The summed E-state index contributed by atoms with van der Waals surface area (Å²) in [6.45, 7) is 0. The van der Waals surface area contributed by atoms with Crippen molar-refractivity contribution in [2.45, 2.75) is 37.8 Å². The molecule has 0 radical (unpaired) electrons. The van der Waals surface area contributed by atoms with Gasteiger partial charge in [0.15, 0.2) is 0 Å². The smallest absolute Gasteiger partial charge is 0.0743 e. The van der Waals surface area contributed by atoms with Gasteiger partial charge in [-0.15, -0.1) is 0 Å². The van der Waals surface area contributed by atoms with Crippen LogP contribution in [0.25, 0.3) is 0 Å². The Bertz CT molecular complexity index is 397. The van der Waals surface area contributed by atoms with Crippen LogP contribution < -0.4 is 10.6 Å². The Labute approximate surface area is 111 Å². The van der Waals surface area contributed by atoms with Crippen molar-refractivity contribution in [2.75, 3.05) is 17.7 Å². The van der Waals surface area contributed by atoms with Gasteiger partial charge in [-0.1, -0.05) is 12.8 Å². The number of aliphatic hydroxyl groups excluding tert-OH is 1. The fourth-order valence-corrected chi connectivity index (χ4v) is 3.21. The van der Waals surface area contributed by atoms with Crippen molar-refractivity contribution < 1.29 is 5.11 Å². The third-order valence-corrected chi connectivity index (χ3v) is 4.18. The molecule has 1 aliphatic carbocycles. The summed E-state index contributed by atoms with van der Waals surface area (Å²) >= 11 is 3.53. The lowest BCUT2D eigenvalue weighted by molar-refractivity contribution is 0.106. The Morgan fingerprint density at radius 3 is 2.71 bits per heavy atom. The number of aliphatic hydroxyl groups is 1. The largest absolute Gasteiger partial charge is 0.399 e. The minimum atomic E-state index is -0.224. The summed E-state index contributed by atoms with van der Waals surface area (Å²) in [4.78, 5) is 2.16. The maximum Gasteiger partial charge on any atom is 0.0743 e. The lowest BCUT2D eigenvalue weighted by atomic mass is 9.91. The Kier molecular flexibility index (Phi) is 3.94. The highest BCUT2D eigenvalue weighted by atomic mass is 79.9. The molecule has 0 aliphatic heterocycles. The fraction of sp³-hybridized carbons (Fsp3) is 0.538. The highest BCUT2D eigenvalue weighted by Gasteiger charge is 2.27. The first-order valence-electron chi connectivity index (χ1n) is 6.05. The molecule has 1 fully saturated rings. The average Bonchev–Trinajstić information content (AvgIpc) is 2.29. The number of anilines is 2. The van der Waals surface area contributed by atoms with Crippen molar-refractivity contribution in [3.63, 3.8) is 0 Å². The number of hydrogen-bond donors (Lipinski definition) is 2.